The SMILES string of the molecule is CNC(=O)c1cn(C(C)C)nn1. The van der Waals surface area contributed by atoms with E-state index in [0.717, 1.165) is 0 Å². The van der Waals surface area contributed by atoms with Crippen molar-refractivity contribution in [2.24, 2.45) is 0 Å². The molecule has 0 aromatic carbocycles. The van der Waals surface area contributed by atoms with Gasteiger partial charge in [-0.05, 0) is 13.8 Å². The summed E-state index contributed by atoms with van der Waals surface area (Å²) >= 11 is 0. The van der Waals surface area contributed by atoms with Crippen molar-refractivity contribution in [2.45, 2.75) is 19.9 Å². The van der Waals surface area contributed by atoms with E-state index >= 15 is 0 Å². The maximum absolute atomic E-state index is 11.0. The molecule has 0 aliphatic carbocycles. The Kier molecular flexibility index (Phi) is 2.42. The molecule has 0 saturated carbocycles. The van der Waals surface area contributed by atoms with Crippen LogP contribution in [0.3, 0.4) is 0 Å². The first-order chi connectivity index (χ1) is 5.65. The van der Waals surface area contributed by atoms with Gasteiger partial charge in [-0.1, -0.05) is 5.21 Å². The lowest BCUT2D eigenvalue weighted by molar-refractivity contribution is 0.0958. The van der Waals surface area contributed by atoms with E-state index in [1.54, 1.807) is 17.9 Å². The molecule has 66 valence electrons. The van der Waals surface area contributed by atoms with Crippen LogP contribution in [0.25, 0.3) is 0 Å². The number of carbonyl (C=O) groups is 1. The third-order valence-corrected chi connectivity index (χ3v) is 1.50. The summed E-state index contributed by atoms with van der Waals surface area (Å²) in [6, 6.07) is 0.232. The van der Waals surface area contributed by atoms with E-state index in [-0.39, 0.29) is 11.9 Å². The minimum Gasteiger partial charge on any atom is -0.354 e. The standard InChI is InChI=1S/C7H12N4O/c1-5(2)11-4-6(9-10-11)7(12)8-3/h4-5H,1-3H3,(H,8,12). The van der Waals surface area contributed by atoms with Gasteiger partial charge in [-0.2, -0.15) is 0 Å². The third-order valence-electron chi connectivity index (χ3n) is 1.50. The molecule has 0 atom stereocenters. The van der Waals surface area contributed by atoms with Gasteiger partial charge in [0.05, 0.1) is 6.20 Å². The van der Waals surface area contributed by atoms with Crippen LogP contribution >= 0.6 is 0 Å². The van der Waals surface area contributed by atoms with Gasteiger partial charge in [0.25, 0.3) is 5.91 Å². The predicted octanol–water partition coefficient (Wildman–Crippen LogP) is 0.219. The molecule has 0 fully saturated rings. The topological polar surface area (TPSA) is 59.8 Å². The van der Waals surface area contributed by atoms with Crippen LogP contribution in [-0.2, 0) is 0 Å². The fraction of sp³-hybridized carbons (Fsp3) is 0.571. The summed E-state index contributed by atoms with van der Waals surface area (Å²) in [6.45, 7) is 3.95. The number of amides is 1. The summed E-state index contributed by atoms with van der Waals surface area (Å²) in [5.74, 6) is -0.207. The fourth-order valence-corrected chi connectivity index (χ4v) is 0.761. The Labute approximate surface area is 70.8 Å². The molecule has 0 bridgehead atoms. The fourth-order valence-electron chi connectivity index (χ4n) is 0.761. The lowest BCUT2D eigenvalue weighted by atomic mass is 10.4. The molecule has 0 aliphatic heterocycles. The molecule has 1 amide bonds. The highest BCUT2D eigenvalue weighted by atomic mass is 16.1. The van der Waals surface area contributed by atoms with Gasteiger partial charge in [-0.15, -0.1) is 5.10 Å². The van der Waals surface area contributed by atoms with Crippen LogP contribution in [0.4, 0.5) is 0 Å². The second-order valence-electron chi connectivity index (χ2n) is 2.76. The highest BCUT2D eigenvalue weighted by Crippen LogP contribution is 2.01. The summed E-state index contributed by atoms with van der Waals surface area (Å²) in [5.41, 5.74) is 0.353. The Bertz CT molecular complexity index is 279. The predicted molar refractivity (Wildman–Crippen MR) is 43.8 cm³/mol. The average molecular weight is 168 g/mol. The van der Waals surface area contributed by atoms with Gasteiger partial charge >= 0.3 is 0 Å². The molecule has 1 heterocycles. The van der Waals surface area contributed by atoms with Crippen LogP contribution < -0.4 is 5.32 Å². The molecular formula is C7H12N4O. The Hall–Kier alpha value is -1.39. The number of nitrogens with one attached hydrogen (secondary N) is 1. The molecule has 0 aliphatic rings. The van der Waals surface area contributed by atoms with Gasteiger partial charge in [0.2, 0.25) is 0 Å². The molecule has 1 aromatic heterocycles. The number of hydrogen-bond acceptors (Lipinski definition) is 3. The number of rotatable bonds is 2. The van der Waals surface area contributed by atoms with Gasteiger partial charge in [0, 0.05) is 13.1 Å². The van der Waals surface area contributed by atoms with Crippen molar-refractivity contribution in [3.05, 3.63) is 11.9 Å². The molecule has 1 rings (SSSR count). The van der Waals surface area contributed by atoms with E-state index in [1.807, 2.05) is 13.8 Å². The molecular weight excluding hydrogens is 156 g/mol. The lowest BCUT2D eigenvalue weighted by Gasteiger charge is -2.00. The van der Waals surface area contributed by atoms with Crippen LogP contribution in [0.5, 0.6) is 0 Å². The molecule has 0 spiro atoms. The van der Waals surface area contributed by atoms with Gasteiger partial charge in [-0.3, -0.25) is 4.79 Å². The Morgan fingerprint density at radius 2 is 2.33 bits per heavy atom. The maximum atomic E-state index is 11.0. The Morgan fingerprint density at radius 3 is 2.75 bits per heavy atom. The molecule has 0 radical (unpaired) electrons. The first-order valence-electron chi connectivity index (χ1n) is 3.79. The first-order valence-corrected chi connectivity index (χ1v) is 3.79. The lowest BCUT2D eigenvalue weighted by Crippen LogP contribution is -2.18. The van der Waals surface area contributed by atoms with Gasteiger partial charge < -0.3 is 5.32 Å². The summed E-state index contributed by atoms with van der Waals surface area (Å²) in [4.78, 5) is 11.0. The minimum atomic E-state index is -0.207. The monoisotopic (exact) mass is 168 g/mol. The average Bonchev–Trinajstić information content (AvgIpc) is 2.51. The summed E-state index contributed by atoms with van der Waals surface area (Å²) in [7, 11) is 1.57. The van der Waals surface area contributed by atoms with Crippen molar-refractivity contribution < 1.29 is 4.79 Å². The van der Waals surface area contributed by atoms with E-state index in [2.05, 4.69) is 15.6 Å². The Morgan fingerprint density at radius 1 is 1.67 bits per heavy atom. The molecule has 0 saturated heterocycles. The third kappa shape index (κ3) is 1.61. The van der Waals surface area contributed by atoms with Crippen molar-refractivity contribution in [1.82, 2.24) is 20.3 Å². The largest absolute Gasteiger partial charge is 0.354 e. The van der Waals surface area contributed by atoms with Crippen molar-refractivity contribution in [3.8, 4) is 0 Å². The van der Waals surface area contributed by atoms with Gasteiger partial charge in [0.1, 0.15) is 0 Å². The van der Waals surface area contributed by atoms with Crippen molar-refractivity contribution in [2.75, 3.05) is 7.05 Å². The van der Waals surface area contributed by atoms with E-state index in [4.69, 9.17) is 0 Å². The zero-order chi connectivity index (χ0) is 9.14. The quantitative estimate of drug-likeness (QED) is 0.687. The summed E-state index contributed by atoms with van der Waals surface area (Å²) < 4.78 is 1.64. The van der Waals surface area contributed by atoms with Crippen LogP contribution in [-0.4, -0.2) is 27.9 Å². The molecule has 12 heavy (non-hydrogen) atoms. The number of hydrogen-bond donors (Lipinski definition) is 1. The van der Waals surface area contributed by atoms with Crippen molar-refractivity contribution >= 4 is 5.91 Å². The maximum Gasteiger partial charge on any atom is 0.273 e. The van der Waals surface area contributed by atoms with E-state index in [0.29, 0.717) is 5.69 Å². The first kappa shape index (κ1) is 8.70. The summed E-state index contributed by atoms with van der Waals surface area (Å²) in [5, 5.41) is 9.98. The number of nitrogens with zero attached hydrogens (tertiary/aromatic N) is 3. The van der Waals surface area contributed by atoms with Crippen molar-refractivity contribution in [1.29, 1.82) is 0 Å². The van der Waals surface area contributed by atoms with Crippen LogP contribution in [0.15, 0.2) is 6.20 Å². The minimum absolute atomic E-state index is 0.207. The second kappa shape index (κ2) is 3.34. The highest BCUT2D eigenvalue weighted by molar-refractivity contribution is 5.91. The van der Waals surface area contributed by atoms with E-state index in [1.165, 1.54) is 0 Å². The van der Waals surface area contributed by atoms with Crippen LogP contribution in [0.2, 0.25) is 0 Å². The van der Waals surface area contributed by atoms with Crippen LogP contribution in [0, 0.1) is 0 Å². The molecule has 5 heteroatoms. The van der Waals surface area contributed by atoms with Crippen LogP contribution in [0.1, 0.15) is 30.4 Å². The van der Waals surface area contributed by atoms with E-state index in [9.17, 15) is 4.79 Å². The smallest absolute Gasteiger partial charge is 0.273 e. The zero-order valence-electron chi connectivity index (χ0n) is 7.40. The number of carbonyl (C=O) groups excluding carboxylic acids is 1. The number of aromatic nitrogens is 3. The van der Waals surface area contributed by atoms with Gasteiger partial charge in [-0.25, -0.2) is 4.68 Å². The summed E-state index contributed by atoms with van der Waals surface area (Å²) in [6.07, 6.45) is 1.63. The zero-order valence-corrected chi connectivity index (χ0v) is 7.40. The molecule has 1 aromatic rings. The Balaban J connectivity index is 2.84. The highest BCUT2D eigenvalue weighted by Gasteiger charge is 2.09. The van der Waals surface area contributed by atoms with E-state index < -0.39 is 0 Å². The van der Waals surface area contributed by atoms with Crippen molar-refractivity contribution in [3.63, 3.8) is 0 Å². The molecule has 5 nitrogen and oxygen atoms in total. The normalized spacial score (nSPS) is 10.3. The van der Waals surface area contributed by atoms with Gasteiger partial charge in [0.15, 0.2) is 5.69 Å². The molecule has 1 N–H and O–H groups in total. The second-order valence-corrected chi connectivity index (χ2v) is 2.76. The molecule has 0 unspecified atom stereocenters.